The number of hydrogen-bond acceptors (Lipinski definition) is 2. The third kappa shape index (κ3) is 2.14. The summed E-state index contributed by atoms with van der Waals surface area (Å²) in [7, 11) is 0. The summed E-state index contributed by atoms with van der Waals surface area (Å²) in [6.45, 7) is 0.885. The van der Waals surface area contributed by atoms with Crippen molar-refractivity contribution in [2.45, 2.75) is 12.7 Å². The van der Waals surface area contributed by atoms with Crippen LogP contribution in [0.25, 0.3) is 0 Å². The first kappa shape index (κ1) is 10.6. The molecule has 0 bridgehead atoms. The van der Waals surface area contributed by atoms with E-state index in [0.29, 0.717) is 0 Å². The van der Waals surface area contributed by atoms with Crippen molar-refractivity contribution >= 4 is 17.3 Å². The number of rotatable bonds is 1. The molecule has 2 aromatic rings. The van der Waals surface area contributed by atoms with E-state index >= 15 is 0 Å². The van der Waals surface area contributed by atoms with Gasteiger partial charge in [-0.25, -0.2) is 0 Å². The Morgan fingerprint density at radius 1 is 1.00 bits per heavy atom. The third-order valence-electron chi connectivity index (χ3n) is 3.02. The minimum atomic E-state index is 0.155. The second-order valence-electron chi connectivity index (χ2n) is 4.17. The van der Waals surface area contributed by atoms with E-state index in [1.807, 2.05) is 24.3 Å². The molecule has 1 unspecified atom stereocenters. The molecule has 0 radical (unpaired) electrons. The molecule has 2 nitrogen and oxygen atoms in total. The zero-order chi connectivity index (χ0) is 11.7. The Hall–Kier alpha value is -1.51. The van der Waals surface area contributed by atoms with Gasteiger partial charge in [-0.2, -0.15) is 0 Å². The lowest BCUT2D eigenvalue weighted by Gasteiger charge is -2.28. The maximum atomic E-state index is 5.89. The second-order valence-corrected chi connectivity index (χ2v) is 4.60. The molecule has 0 amide bonds. The zero-order valence-corrected chi connectivity index (χ0v) is 10.0. The fourth-order valence-corrected chi connectivity index (χ4v) is 2.22. The Balaban J connectivity index is 1.86. The molecule has 1 aliphatic heterocycles. The van der Waals surface area contributed by atoms with Gasteiger partial charge in [-0.1, -0.05) is 41.9 Å². The number of benzene rings is 2. The van der Waals surface area contributed by atoms with E-state index < -0.39 is 0 Å². The lowest BCUT2D eigenvalue weighted by atomic mass is 10.1. The lowest BCUT2D eigenvalue weighted by molar-refractivity contribution is 0.566. The van der Waals surface area contributed by atoms with Crippen molar-refractivity contribution in [3.8, 4) is 0 Å². The van der Waals surface area contributed by atoms with Crippen molar-refractivity contribution in [3.05, 3.63) is 64.7 Å². The van der Waals surface area contributed by atoms with Gasteiger partial charge in [0.15, 0.2) is 0 Å². The smallest absolute Gasteiger partial charge is 0.103 e. The summed E-state index contributed by atoms with van der Waals surface area (Å²) < 4.78 is 0. The van der Waals surface area contributed by atoms with Crippen molar-refractivity contribution in [1.29, 1.82) is 0 Å². The van der Waals surface area contributed by atoms with Crippen LogP contribution in [0.15, 0.2) is 48.5 Å². The first-order chi connectivity index (χ1) is 8.33. The minimum absolute atomic E-state index is 0.155. The Morgan fingerprint density at radius 3 is 2.59 bits per heavy atom. The summed E-state index contributed by atoms with van der Waals surface area (Å²) in [4.78, 5) is 0. The molecular weight excluding hydrogens is 232 g/mol. The molecule has 1 aliphatic rings. The first-order valence-corrected chi connectivity index (χ1v) is 6.04. The van der Waals surface area contributed by atoms with Crippen molar-refractivity contribution in [2.24, 2.45) is 0 Å². The van der Waals surface area contributed by atoms with E-state index in [4.69, 9.17) is 11.6 Å². The summed E-state index contributed by atoms with van der Waals surface area (Å²) in [6, 6.07) is 16.3. The topological polar surface area (TPSA) is 24.1 Å². The predicted octanol–water partition coefficient (Wildman–Crippen LogP) is 3.55. The standard InChI is InChI=1S/C14H13ClN2/c15-12-7-5-10(6-8-12)14-16-9-11-3-1-2-4-13(11)17-14/h1-8,14,16-17H,9H2. The monoisotopic (exact) mass is 244 g/mol. The second kappa shape index (κ2) is 4.40. The highest BCUT2D eigenvalue weighted by molar-refractivity contribution is 6.30. The van der Waals surface area contributed by atoms with Crippen LogP contribution in [0.4, 0.5) is 5.69 Å². The van der Waals surface area contributed by atoms with Crippen LogP contribution in [0.5, 0.6) is 0 Å². The fourth-order valence-electron chi connectivity index (χ4n) is 2.09. The molecule has 2 N–H and O–H groups in total. The van der Waals surface area contributed by atoms with Crippen LogP contribution in [0.1, 0.15) is 17.3 Å². The molecule has 0 aliphatic carbocycles. The Morgan fingerprint density at radius 2 is 1.76 bits per heavy atom. The molecule has 1 heterocycles. The number of para-hydroxylation sites is 1. The van der Waals surface area contributed by atoms with E-state index in [-0.39, 0.29) is 6.17 Å². The molecule has 0 aromatic heterocycles. The van der Waals surface area contributed by atoms with Crippen molar-refractivity contribution in [1.82, 2.24) is 5.32 Å². The highest BCUT2D eigenvalue weighted by Gasteiger charge is 2.17. The number of nitrogens with one attached hydrogen (secondary N) is 2. The van der Waals surface area contributed by atoms with Crippen LogP contribution in [0.2, 0.25) is 5.02 Å². The van der Waals surface area contributed by atoms with Gasteiger partial charge in [0, 0.05) is 17.3 Å². The lowest BCUT2D eigenvalue weighted by Crippen LogP contribution is -2.32. The van der Waals surface area contributed by atoms with Gasteiger partial charge in [0.1, 0.15) is 6.17 Å². The molecule has 3 heteroatoms. The summed E-state index contributed by atoms with van der Waals surface area (Å²) in [5.41, 5.74) is 3.70. The summed E-state index contributed by atoms with van der Waals surface area (Å²) >= 11 is 5.89. The zero-order valence-electron chi connectivity index (χ0n) is 9.28. The van der Waals surface area contributed by atoms with Crippen LogP contribution in [-0.2, 0) is 6.54 Å². The van der Waals surface area contributed by atoms with Crippen LogP contribution in [0, 0.1) is 0 Å². The van der Waals surface area contributed by atoms with Gasteiger partial charge in [0.05, 0.1) is 0 Å². The number of anilines is 1. The SMILES string of the molecule is Clc1ccc(C2NCc3ccccc3N2)cc1. The summed E-state index contributed by atoms with van der Waals surface area (Å²) in [6.07, 6.45) is 0.155. The largest absolute Gasteiger partial charge is 0.366 e. The van der Waals surface area contributed by atoms with Crippen molar-refractivity contribution in [3.63, 3.8) is 0 Å². The van der Waals surface area contributed by atoms with Gasteiger partial charge in [0.25, 0.3) is 0 Å². The number of hydrogen-bond donors (Lipinski definition) is 2. The van der Waals surface area contributed by atoms with E-state index in [1.165, 1.54) is 16.8 Å². The van der Waals surface area contributed by atoms with Crippen LogP contribution >= 0.6 is 11.6 Å². The van der Waals surface area contributed by atoms with Crippen LogP contribution < -0.4 is 10.6 Å². The van der Waals surface area contributed by atoms with Gasteiger partial charge in [-0.05, 0) is 29.3 Å². The first-order valence-electron chi connectivity index (χ1n) is 5.66. The third-order valence-corrected chi connectivity index (χ3v) is 3.27. The van der Waals surface area contributed by atoms with Crippen LogP contribution in [-0.4, -0.2) is 0 Å². The molecular formula is C14H13ClN2. The van der Waals surface area contributed by atoms with Gasteiger partial charge in [0.2, 0.25) is 0 Å². The van der Waals surface area contributed by atoms with E-state index in [1.54, 1.807) is 0 Å². The number of fused-ring (bicyclic) bond motifs is 1. The highest BCUT2D eigenvalue weighted by atomic mass is 35.5. The normalized spacial score (nSPS) is 18.3. The average Bonchev–Trinajstić information content (AvgIpc) is 2.39. The van der Waals surface area contributed by atoms with Crippen molar-refractivity contribution < 1.29 is 0 Å². The van der Waals surface area contributed by atoms with Gasteiger partial charge in [-0.15, -0.1) is 0 Å². The molecule has 3 rings (SSSR count). The number of halogens is 1. The van der Waals surface area contributed by atoms with E-state index in [0.717, 1.165) is 11.6 Å². The summed E-state index contributed by atoms with van der Waals surface area (Å²) in [5, 5.41) is 7.70. The van der Waals surface area contributed by atoms with Crippen LogP contribution in [0.3, 0.4) is 0 Å². The molecule has 86 valence electrons. The van der Waals surface area contributed by atoms with Gasteiger partial charge in [-0.3, -0.25) is 5.32 Å². The maximum Gasteiger partial charge on any atom is 0.103 e. The molecule has 0 spiro atoms. The fraction of sp³-hybridized carbons (Fsp3) is 0.143. The van der Waals surface area contributed by atoms with E-state index in [2.05, 4.69) is 34.9 Å². The molecule has 0 saturated carbocycles. The molecule has 0 fully saturated rings. The highest BCUT2D eigenvalue weighted by Crippen LogP contribution is 2.26. The quantitative estimate of drug-likeness (QED) is 0.802. The average molecular weight is 245 g/mol. The molecule has 2 aromatic carbocycles. The Kier molecular flexibility index (Phi) is 2.75. The molecule has 1 atom stereocenters. The predicted molar refractivity (Wildman–Crippen MR) is 71.1 cm³/mol. The van der Waals surface area contributed by atoms with Gasteiger partial charge >= 0.3 is 0 Å². The maximum absolute atomic E-state index is 5.89. The van der Waals surface area contributed by atoms with Crippen molar-refractivity contribution in [2.75, 3.05) is 5.32 Å². The molecule has 17 heavy (non-hydrogen) atoms. The Labute approximate surface area is 106 Å². The van der Waals surface area contributed by atoms with Gasteiger partial charge < -0.3 is 5.32 Å². The Bertz CT molecular complexity index is 522. The minimum Gasteiger partial charge on any atom is -0.366 e. The molecule has 0 saturated heterocycles. The summed E-state index contributed by atoms with van der Waals surface area (Å²) in [5.74, 6) is 0. The van der Waals surface area contributed by atoms with E-state index in [9.17, 15) is 0 Å².